The lowest BCUT2D eigenvalue weighted by atomic mass is 10.1. The van der Waals surface area contributed by atoms with E-state index in [0.717, 1.165) is 5.56 Å². The summed E-state index contributed by atoms with van der Waals surface area (Å²) >= 11 is 0. The number of rotatable bonds is 5. The van der Waals surface area contributed by atoms with Crippen molar-refractivity contribution >= 4 is 11.7 Å². The summed E-state index contributed by atoms with van der Waals surface area (Å²) in [4.78, 5) is 14.9. The third-order valence-corrected chi connectivity index (χ3v) is 2.27. The van der Waals surface area contributed by atoms with Gasteiger partial charge in [-0.25, -0.2) is 0 Å². The summed E-state index contributed by atoms with van der Waals surface area (Å²) in [6.07, 6.45) is 1.54. The van der Waals surface area contributed by atoms with Crippen LogP contribution in [0.4, 0.5) is 0 Å². The number of carbonyl (C=O) groups excluding carboxylic acids is 1. The molecule has 0 radical (unpaired) electrons. The minimum absolute atomic E-state index is 0.0749. The second kappa shape index (κ2) is 5.80. The van der Waals surface area contributed by atoms with Crippen LogP contribution in [0, 0.1) is 0 Å². The van der Waals surface area contributed by atoms with Crippen LogP contribution in [0.5, 0.6) is 0 Å². The number of primary amides is 1. The third-order valence-electron chi connectivity index (χ3n) is 2.27. The highest BCUT2D eigenvalue weighted by Gasteiger charge is 2.11. The average molecular weight is 237 g/mol. The Morgan fingerprint density at radius 2 is 2.35 bits per heavy atom. The molecule has 0 aliphatic carbocycles. The van der Waals surface area contributed by atoms with Gasteiger partial charge in [0.15, 0.2) is 5.84 Å². The zero-order valence-electron chi connectivity index (χ0n) is 9.42. The van der Waals surface area contributed by atoms with Crippen LogP contribution in [0.25, 0.3) is 0 Å². The highest BCUT2D eigenvalue weighted by atomic mass is 16.4. The molecule has 92 valence electrons. The van der Waals surface area contributed by atoms with Crippen molar-refractivity contribution in [3.05, 3.63) is 29.6 Å². The molecule has 6 N–H and O–H groups in total. The molecule has 0 fully saturated rings. The number of amidine groups is 1. The Bertz CT molecular complexity index is 432. The number of carbonyl (C=O) groups is 1. The Balaban J connectivity index is 2.81. The molecule has 1 heterocycles. The minimum atomic E-state index is -0.463. The number of hydrogen-bond donors (Lipinski definition) is 4. The first kappa shape index (κ1) is 12.9. The van der Waals surface area contributed by atoms with Crippen LogP contribution in [0.15, 0.2) is 23.5 Å². The molecule has 7 nitrogen and oxygen atoms in total. The van der Waals surface area contributed by atoms with Gasteiger partial charge in [0.1, 0.15) is 5.69 Å². The zero-order chi connectivity index (χ0) is 12.8. The van der Waals surface area contributed by atoms with Gasteiger partial charge in [0.2, 0.25) is 5.91 Å². The number of nitrogens with one attached hydrogen (secondary N) is 1. The molecular formula is C10H15N5O2. The fourth-order valence-electron chi connectivity index (χ4n) is 1.22. The van der Waals surface area contributed by atoms with Crippen molar-refractivity contribution in [2.24, 2.45) is 16.6 Å². The predicted octanol–water partition coefficient (Wildman–Crippen LogP) is -0.860. The van der Waals surface area contributed by atoms with E-state index in [1.165, 1.54) is 6.20 Å². The highest BCUT2D eigenvalue weighted by Crippen LogP contribution is 2.05. The first-order valence-corrected chi connectivity index (χ1v) is 5.00. The van der Waals surface area contributed by atoms with E-state index in [-0.39, 0.29) is 5.84 Å². The standard InChI is InChI=1S/C10H15N5O2/c1-6(10(12)16)14-5-7-3-2-4-13-8(7)9(11)15-17/h2-4,6,14,17H,5H2,1H3,(H2,11,15)(H2,12,16). The van der Waals surface area contributed by atoms with Crippen molar-refractivity contribution < 1.29 is 10.0 Å². The van der Waals surface area contributed by atoms with Crippen molar-refractivity contribution in [3.8, 4) is 0 Å². The first-order valence-electron chi connectivity index (χ1n) is 5.00. The number of amides is 1. The highest BCUT2D eigenvalue weighted by molar-refractivity contribution is 5.96. The second-order valence-electron chi connectivity index (χ2n) is 3.50. The molecule has 0 aliphatic heterocycles. The van der Waals surface area contributed by atoms with Gasteiger partial charge in [0.25, 0.3) is 0 Å². The smallest absolute Gasteiger partial charge is 0.234 e. The molecule has 0 aromatic carbocycles. The fourth-order valence-corrected chi connectivity index (χ4v) is 1.22. The number of nitrogens with zero attached hydrogens (tertiary/aromatic N) is 2. The maximum atomic E-state index is 10.9. The minimum Gasteiger partial charge on any atom is -0.409 e. The van der Waals surface area contributed by atoms with Crippen molar-refractivity contribution in [3.63, 3.8) is 0 Å². The third kappa shape index (κ3) is 3.42. The van der Waals surface area contributed by atoms with Crippen LogP contribution in [0.1, 0.15) is 18.2 Å². The molecule has 1 unspecified atom stereocenters. The van der Waals surface area contributed by atoms with E-state index in [2.05, 4.69) is 15.5 Å². The predicted molar refractivity (Wildman–Crippen MR) is 62.2 cm³/mol. The summed E-state index contributed by atoms with van der Waals surface area (Å²) in [5.41, 5.74) is 11.7. The van der Waals surface area contributed by atoms with Crippen LogP contribution in [0.2, 0.25) is 0 Å². The number of aromatic nitrogens is 1. The Kier molecular flexibility index (Phi) is 4.41. The first-order chi connectivity index (χ1) is 8.06. The van der Waals surface area contributed by atoms with Gasteiger partial charge in [0.05, 0.1) is 6.04 Å². The van der Waals surface area contributed by atoms with Crippen molar-refractivity contribution in [2.75, 3.05) is 0 Å². The maximum Gasteiger partial charge on any atom is 0.234 e. The molecule has 1 aromatic rings. The Morgan fingerprint density at radius 1 is 1.65 bits per heavy atom. The van der Waals surface area contributed by atoms with E-state index >= 15 is 0 Å². The van der Waals surface area contributed by atoms with Crippen LogP contribution >= 0.6 is 0 Å². The van der Waals surface area contributed by atoms with Gasteiger partial charge in [-0.05, 0) is 18.6 Å². The van der Waals surface area contributed by atoms with Gasteiger partial charge in [-0.15, -0.1) is 0 Å². The number of pyridine rings is 1. The Labute approximate surface area is 98.5 Å². The van der Waals surface area contributed by atoms with Gasteiger partial charge in [-0.2, -0.15) is 0 Å². The molecule has 1 rings (SSSR count). The number of hydrogen-bond acceptors (Lipinski definition) is 5. The van der Waals surface area contributed by atoms with Crippen LogP contribution < -0.4 is 16.8 Å². The molecule has 7 heteroatoms. The lowest BCUT2D eigenvalue weighted by molar-refractivity contribution is -0.119. The zero-order valence-corrected chi connectivity index (χ0v) is 9.42. The Hall–Kier alpha value is -2.15. The maximum absolute atomic E-state index is 10.9. The van der Waals surface area contributed by atoms with Gasteiger partial charge in [-0.3, -0.25) is 9.78 Å². The van der Waals surface area contributed by atoms with E-state index in [0.29, 0.717) is 12.2 Å². The molecule has 0 saturated heterocycles. The average Bonchev–Trinajstić information content (AvgIpc) is 2.35. The molecule has 17 heavy (non-hydrogen) atoms. The fraction of sp³-hybridized carbons (Fsp3) is 0.300. The largest absolute Gasteiger partial charge is 0.409 e. The summed E-state index contributed by atoms with van der Waals surface area (Å²) in [5.74, 6) is -0.520. The van der Waals surface area contributed by atoms with Crippen LogP contribution in [-0.2, 0) is 11.3 Å². The molecular weight excluding hydrogens is 222 g/mol. The summed E-state index contributed by atoms with van der Waals surface area (Å²) in [6.45, 7) is 2.01. The lowest BCUT2D eigenvalue weighted by Gasteiger charge is -2.11. The van der Waals surface area contributed by atoms with Gasteiger partial charge >= 0.3 is 0 Å². The van der Waals surface area contributed by atoms with Crippen molar-refractivity contribution in [1.29, 1.82) is 0 Å². The summed E-state index contributed by atoms with van der Waals surface area (Å²) in [5, 5.41) is 14.4. The number of oxime groups is 1. The van der Waals surface area contributed by atoms with E-state index in [4.69, 9.17) is 16.7 Å². The van der Waals surface area contributed by atoms with Gasteiger partial charge < -0.3 is 22.0 Å². The van der Waals surface area contributed by atoms with E-state index in [1.54, 1.807) is 19.1 Å². The molecule has 0 bridgehead atoms. The Morgan fingerprint density at radius 3 is 2.94 bits per heavy atom. The molecule has 0 aliphatic rings. The van der Waals surface area contributed by atoms with Gasteiger partial charge in [-0.1, -0.05) is 11.2 Å². The topological polar surface area (TPSA) is 127 Å². The van der Waals surface area contributed by atoms with Crippen molar-refractivity contribution in [1.82, 2.24) is 10.3 Å². The lowest BCUT2D eigenvalue weighted by Crippen LogP contribution is -2.38. The van der Waals surface area contributed by atoms with Crippen molar-refractivity contribution in [2.45, 2.75) is 19.5 Å². The quantitative estimate of drug-likeness (QED) is 0.229. The number of nitrogens with two attached hydrogens (primary N) is 2. The summed E-state index contributed by atoms with van der Waals surface area (Å²) < 4.78 is 0. The van der Waals surface area contributed by atoms with Crippen LogP contribution in [-0.4, -0.2) is 28.0 Å². The molecule has 1 atom stereocenters. The summed E-state index contributed by atoms with van der Waals surface area (Å²) in [7, 11) is 0. The normalized spacial score (nSPS) is 13.4. The summed E-state index contributed by atoms with van der Waals surface area (Å²) in [6, 6.07) is 3.02. The van der Waals surface area contributed by atoms with E-state index in [1.807, 2.05) is 0 Å². The van der Waals surface area contributed by atoms with Crippen LogP contribution in [0.3, 0.4) is 0 Å². The van der Waals surface area contributed by atoms with Gasteiger partial charge in [0, 0.05) is 12.7 Å². The molecule has 1 amide bonds. The molecule has 0 saturated carbocycles. The SMILES string of the molecule is CC(NCc1cccnc1C(N)=NO)C(N)=O. The van der Waals surface area contributed by atoms with E-state index in [9.17, 15) is 4.79 Å². The van der Waals surface area contributed by atoms with E-state index < -0.39 is 11.9 Å². The second-order valence-corrected chi connectivity index (χ2v) is 3.50. The molecule has 1 aromatic heterocycles. The molecule has 0 spiro atoms. The monoisotopic (exact) mass is 237 g/mol.